The van der Waals surface area contributed by atoms with Gasteiger partial charge in [-0.1, -0.05) is 0 Å². The summed E-state index contributed by atoms with van der Waals surface area (Å²) in [6.07, 6.45) is 4.70. The van der Waals surface area contributed by atoms with Crippen LogP contribution in [0.25, 0.3) is 0 Å². The fourth-order valence-electron chi connectivity index (χ4n) is 0.124. The van der Waals surface area contributed by atoms with Gasteiger partial charge in [0, 0.05) is 6.92 Å². The molecule has 0 radical (unpaired) electrons. The van der Waals surface area contributed by atoms with E-state index in [-0.39, 0.29) is 5.78 Å². The molecule has 0 aliphatic carbocycles. The van der Waals surface area contributed by atoms with Crippen LogP contribution in [-0.2, 0) is 4.79 Å². The Kier molecular flexibility index (Phi) is 2.48. The topological polar surface area (TPSA) is 17.1 Å². The zero-order chi connectivity index (χ0) is 5.70. The Hall–Kier alpha value is -1.21. The third-order valence-corrected chi connectivity index (χ3v) is 0.311. The van der Waals surface area contributed by atoms with Gasteiger partial charge in [0.25, 0.3) is 0 Å². The smallest absolute Gasteiger partial charge is 0.203 e. The van der Waals surface area contributed by atoms with Crippen molar-refractivity contribution in [3.05, 3.63) is 0 Å². The monoisotopic (exact) mass is 92.0 g/mol. The van der Waals surface area contributed by atoms with E-state index in [1.165, 1.54) is 6.92 Å². The lowest BCUT2D eigenvalue weighted by atomic mass is 10.4. The molecule has 7 heavy (non-hydrogen) atoms. The van der Waals surface area contributed by atoms with Crippen LogP contribution in [0.4, 0.5) is 0 Å². The van der Waals surface area contributed by atoms with E-state index in [0.717, 1.165) is 0 Å². The van der Waals surface area contributed by atoms with Crippen molar-refractivity contribution in [2.45, 2.75) is 6.92 Å². The second kappa shape index (κ2) is 3.00. The van der Waals surface area contributed by atoms with Gasteiger partial charge in [0.1, 0.15) is 0 Å². The van der Waals surface area contributed by atoms with Gasteiger partial charge in [0.05, 0.1) is 0 Å². The van der Waals surface area contributed by atoms with Crippen LogP contribution in [0.15, 0.2) is 0 Å². The summed E-state index contributed by atoms with van der Waals surface area (Å²) < 4.78 is 0. The quantitative estimate of drug-likeness (QED) is 0.308. The molecule has 0 unspecified atom stereocenters. The molecule has 0 heterocycles. The molecule has 0 spiro atoms. The maximum Gasteiger partial charge on any atom is 0.203 e. The molecule has 0 rings (SSSR count). The summed E-state index contributed by atoms with van der Waals surface area (Å²) >= 11 is 0. The Morgan fingerprint density at radius 3 is 2.43 bits per heavy atom. The highest BCUT2D eigenvalue weighted by molar-refractivity contribution is 5.93. The number of hydrogen-bond acceptors (Lipinski definition) is 1. The third kappa shape index (κ3) is 4.79. The first kappa shape index (κ1) is 5.79. The summed E-state index contributed by atoms with van der Waals surface area (Å²) in [6.45, 7) is 1.37. The van der Waals surface area contributed by atoms with Crippen molar-refractivity contribution >= 4 is 5.78 Å². The molecule has 0 aliphatic heterocycles. The van der Waals surface area contributed by atoms with E-state index < -0.39 is 0 Å². The Morgan fingerprint density at radius 2 is 2.29 bits per heavy atom. The van der Waals surface area contributed by atoms with Crippen LogP contribution in [0.5, 0.6) is 0 Å². The molecule has 0 aromatic rings. The predicted molar refractivity (Wildman–Crippen MR) is 27.3 cm³/mol. The average molecular weight is 92.1 g/mol. The largest absolute Gasteiger partial charge is 0.285 e. The summed E-state index contributed by atoms with van der Waals surface area (Å²) in [5, 5.41) is 0. The van der Waals surface area contributed by atoms with Crippen LogP contribution in [0, 0.1) is 24.2 Å². The summed E-state index contributed by atoms with van der Waals surface area (Å²) in [5.74, 6) is 6.17. The highest BCUT2D eigenvalue weighted by atomic mass is 16.1. The van der Waals surface area contributed by atoms with Gasteiger partial charge in [-0.05, 0) is 17.8 Å². The van der Waals surface area contributed by atoms with Gasteiger partial charge in [-0.15, -0.1) is 6.42 Å². The maximum atomic E-state index is 9.93. The number of carbonyl (C=O) groups excluding carboxylic acids is 1. The van der Waals surface area contributed by atoms with Gasteiger partial charge < -0.3 is 0 Å². The number of hydrogen-bond donors (Lipinski definition) is 0. The summed E-state index contributed by atoms with van der Waals surface area (Å²) in [4.78, 5) is 9.93. The van der Waals surface area contributed by atoms with Crippen LogP contribution in [-0.4, -0.2) is 5.78 Å². The first-order valence-corrected chi connectivity index (χ1v) is 1.74. The molecule has 0 saturated carbocycles. The summed E-state index contributed by atoms with van der Waals surface area (Å²) in [5.41, 5.74) is 0. The fraction of sp³-hybridized carbons (Fsp3) is 0.167. The number of Topliss-reactive ketones (excluding diaryl/α,β-unsaturated/α-hetero) is 1. The molecule has 0 aromatic carbocycles. The van der Waals surface area contributed by atoms with Crippen molar-refractivity contribution in [3.8, 4) is 24.2 Å². The Morgan fingerprint density at radius 1 is 1.71 bits per heavy atom. The molecule has 0 aliphatic rings. The first-order chi connectivity index (χ1) is 3.27. The van der Waals surface area contributed by atoms with E-state index in [1.807, 2.05) is 5.92 Å². The lowest BCUT2D eigenvalue weighted by Crippen LogP contribution is -1.78. The standard InChI is InChI=1S/C6H4O/c1-3-4-5-6(2)7/h1H,2H3. The maximum absolute atomic E-state index is 9.93. The second-order valence-corrected chi connectivity index (χ2v) is 0.951. The number of ketones is 1. The van der Waals surface area contributed by atoms with Crippen LogP contribution in [0.3, 0.4) is 0 Å². The van der Waals surface area contributed by atoms with Crippen LogP contribution in [0.1, 0.15) is 6.92 Å². The lowest BCUT2D eigenvalue weighted by molar-refractivity contribution is -0.111. The summed E-state index contributed by atoms with van der Waals surface area (Å²) in [6, 6.07) is 0. The summed E-state index contributed by atoms with van der Waals surface area (Å²) in [7, 11) is 0. The van der Waals surface area contributed by atoms with Gasteiger partial charge in [-0.25, -0.2) is 0 Å². The highest BCUT2D eigenvalue weighted by Gasteiger charge is 1.73. The molecule has 0 amide bonds. The van der Waals surface area contributed by atoms with Crippen molar-refractivity contribution in [2.75, 3.05) is 0 Å². The molecule has 0 atom stereocenters. The third-order valence-electron chi connectivity index (χ3n) is 0.311. The van der Waals surface area contributed by atoms with Gasteiger partial charge in [-0.2, -0.15) is 0 Å². The predicted octanol–water partition coefficient (Wildman–Crippen LogP) is 0.212. The minimum atomic E-state index is -0.196. The Bertz CT molecular complexity index is 161. The second-order valence-electron chi connectivity index (χ2n) is 0.951. The zero-order valence-electron chi connectivity index (χ0n) is 3.99. The van der Waals surface area contributed by atoms with Crippen molar-refractivity contribution in [1.82, 2.24) is 0 Å². The molecule has 0 N–H and O–H groups in total. The van der Waals surface area contributed by atoms with Crippen molar-refractivity contribution < 1.29 is 4.79 Å². The minimum absolute atomic E-state index is 0.196. The molecular formula is C6H4O. The van der Waals surface area contributed by atoms with E-state index in [1.54, 1.807) is 0 Å². The molecule has 0 fully saturated rings. The van der Waals surface area contributed by atoms with E-state index in [4.69, 9.17) is 6.42 Å². The van der Waals surface area contributed by atoms with Gasteiger partial charge >= 0.3 is 0 Å². The number of terminal acetylenes is 1. The van der Waals surface area contributed by atoms with E-state index in [2.05, 4.69) is 11.8 Å². The number of rotatable bonds is 0. The molecule has 1 heteroatoms. The minimum Gasteiger partial charge on any atom is -0.285 e. The normalized spacial score (nSPS) is 5.14. The Labute approximate surface area is 42.7 Å². The van der Waals surface area contributed by atoms with E-state index in [9.17, 15) is 4.79 Å². The molecule has 0 aromatic heterocycles. The van der Waals surface area contributed by atoms with Gasteiger partial charge in [0.15, 0.2) is 0 Å². The van der Waals surface area contributed by atoms with E-state index in [0.29, 0.717) is 0 Å². The van der Waals surface area contributed by atoms with Crippen molar-refractivity contribution in [1.29, 1.82) is 0 Å². The zero-order valence-corrected chi connectivity index (χ0v) is 3.99. The number of carbonyl (C=O) groups is 1. The van der Waals surface area contributed by atoms with Crippen molar-refractivity contribution in [2.24, 2.45) is 0 Å². The van der Waals surface area contributed by atoms with Crippen LogP contribution in [0.2, 0.25) is 0 Å². The van der Waals surface area contributed by atoms with Crippen LogP contribution >= 0.6 is 0 Å². The van der Waals surface area contributed by atoms with E-state index >= 15 is 0 Å². The molecule has 0 bridgehead atoms. The average Bonchev–Trinajstić information content (AvgIpc) is 1.61. The van der Waals surface area contributed by atoms with Gasteiger partial charge in [-0.3, -0.25) is 4.79 Å². The molecule has 1 nitrogen and oxygen atoms in total. The highest BCUT2D eigenvalue weighted by Crippen LogP contribution is 1.57. The van der Waals surface area contributed by atoms with Crippen LogP contribution < -0.4 is 0 Å². The molecular weight excluding hydrogens is 88.1 g/mol. The SMILES string of the molecule is C#CC#CC(C)=O. The molecule has 0 saturated heterocycles. The molecule has 34 valence electrons. The fourth-order valence-corrected chi connectivity index (χ4v) is 0.124. The first-order valence-electron chi connectivity index (χ1n) is 1.74. The van der Waals surface area contributed by atoms with Crippen molar-refractivity contribution in [3.63, 3.8) is 0 Å². The lowest BCUT2D eigenvalue weighted by Gasteiger charge is -1.61. The van der Waals surface area contributed by atoms with Gasteiger partial charge in [0.2, 0.25) is 5.78 Å². The Balaban J connectivity index is 3.74.